The molecule has 3 aliphatic heterocycles. The third-order valence-corrected chi connectivity index (χ3v) is 8.99. The lowest BCUT2D eigenvalue weighted by Gasteiger charge is -2.38. The Kier molecular flexibility index (Phi) is 6.61. The Morgan fingerprint density at radius 1 is 0.841 bits per heavy atom. The second-order valence-electron chi connectivity index (χ2n) is 11.7. The van der Waals surface area contributed by atoms with Gasteiger partial charge in [-0.2, -0.15) is 0 Å². The van der Waals surface area contributed by atoms with Gasteiger partial charge >= 0.3 is 0 Å². The van der Waals surface area contributed by atoms with Gasteiger partial charge in [-0.1, -0.05) is 54.6 Å². The highest BCUT2D eigenvalue weighted by molar-refractivity contribution is 6.16. The van der Waals surface area contributed by atoms with E-state index < -0.39 is 23.4 Å². The Balaban J connectivity index is 1.48. The molecule has 0 radical (unpaired) electrons. The van der Waals surface area contributed by atoms with Gasteiger partial charge in [-0.15, -0.1) is 0 Å². The Morgan fingerprint density at radius 2 is 1.59 bits per heavy atom. The number of anilines is 1. The average Bonchev–Trinajstić information content (AvgIpc) is 3.52. The molecule has 0 saturated carbocycles. The standard InChI is InChI=1S/C37H32N2O5/c1-22(2)44-26-17-15-24(16-18-26)33(40)31-32(34(41)25-10-8-11-27(21-25)43-3)39-20-19-23-9-4-5-12-28(23)35(39)37(31)29-13-6-7-14-30(29)38-36(37)42/h4-22,31-32,35H,1-3H3,(H,38,42)/t31-,32+,35-,37+/m1/s1. The van der Waals surface area contributed by atoms with E-state index in [1.807, 2.05) is 79.6 Å². The average molecular weight is 585 g/mol. The van der Waals surface area contributed by atoms with E-state index in [9.17, 15) is 14.4 Å². The fourth-order valence-electron chi connectivity index (χ4n) is 7.26. The number of methoxy groups -OCH3 is 1. The fourth-order valence-corrected chi connectivity index (χ4v) is 7.26. The maximum absolute atomic E-state index is 15.0. The summed E-state index contributed by atoms with van der Waals surface area (Å²) in [5, 5.41) is 3.09. The molecule has 7 nitrogen and oxygen atoms in total. The molecule has 7 rings (SSSR count). The van der Waals surface area contributed by atoms with Crippen molar-refractivity contribution >= 4 is 29.2 Å². The van der Waals surface area contributed by atoms with Crippen LogP contribution < -0.4 is 14.8 Å². The summed E-state index contributed by atoms with van der Waals surface area (Å²) in [6.07, 6.45) is 3.80. The molecule has 1 saturated heterocycles. The summed E-state index contributed by atoms with van der Waals surface area (Å²) in [6, 6.07) is 27.7. The highest BCUT2D eigenvalue weighted by atomic mass is 16.5. The molecule has 7 heteroatoms. The molecule has 0 bridgehead atoms. The SMILES string of the molecule is COc1cccc(C(=O)[C@@H]2[C@H](C(=O)c3ccc(OC(C)C)cc3)[C@]3(C(=O)Nc4ccccc43)[C@H]3c4ccccc4C=CN23)c1. The molecule has 0 unspecified atom stereocenters. The Morgan fingerprint density at radius 3 is 2.36 bits per heavy atom. The second-order valence-corrected chi connectivity index (χ2v) is 11.7. The van der Waals surface area contributed by atoms with Gasteiger partial charge in [0.2, 0.25) is 5.91 Å². The van der Waals surface area contributed by atoms with Gasteiger partial charge in [-0.25, -0.2) is 0 Å². The van der Waals surface area contributed by atoms with E-state index in [1.165, 1.54) is 0 Å². The number of amides is 1. The fraction of sp³-hybridized carbons (Fsp3) is 0.216. The van der Waals surface area contributed by atoms with Crippen molar-refractivity contribution in [2.75, 3.05) is 12.4 Å². The molecule has 4 aromatic carbocycles. The number of hydrogen-bond donors (Lipinski definition) is 1. The molecular weight excluding hydrogens is 552 g/mol. The van der Waals surface area contributed by atoms with Gasteiger partial charge in [0.15, 0.2) is 11.6 Å². The van der Waals surface area contributed by atoms with E-state index in [2.05, 4.69) is 5.32 Å². The predicted octanol–water partition coefficient (Wildman–Crippen LogP) is 6.46. The Hall–Kier alpha value is -5.17. The van der Waals surface area contributed by atoms with Crippen LogP contribution in [-0.4, -0.2) is 41.6 Å². The molecule has 0 aromatic heterocycles. The minimum atomic E-state index is -1.39. The van der Waals surface area contributed by atoms with Crippen LogP contribution in [0.25, 0.3) is 6.08 Å². The molecule has 0 aliphatic carbocycles. The molecule has 220 valence electrons. The van der Waals surface area contributed by atoms with Gasteiger partial charge in [0.25, 0.3) is 0 Å². The highest BCUT2D eigenvalue weighted by Crippen LogP contribution is 2.62. The van der Waals surface area contributed by atoms with Crippen LogP contribution in [0.2, 0.25) is 0 Å². The summed E-state index contributed by atoms with van der Waals surface area (Å²) >= 11 is 0. The molecule has 1 fully saturated rings. The molecule has 3 aliphatic rings. The number of rotatable bonds is 7. The van der Waals surface area contributed by atoms with E-state index >= 15 is 0 Å². The normalized spacial score (nSPS) is 22.8. The molecule has 1 amide bonds. The number of nitrogens with one attached hydrogen (secondary N) is 1. The van der Waals surface area contributed by atoms with Crippen molar-refractivity contribution in [3.63, 3.8) is 0 Å². The van der Waals surface area contributed by atoms with E-state index in [-0.39, 0.29) is 23.6 Å². The van der Waals surface area contributed by atoms with Crippen molar-refractivity contribution in [1.29, 1.82) is 0 Å². The lowest BCUT2D eigenvalue weighted by molar-refractivity contribution is -0.122. The Labute approximate surface area is 256 Å². The molecule has 4 atom stereocenters. The first-order valence-corrected chi connectivity index (χ1v) is 14.8. The zero-order chi connectivity index (χ0) is 30.6. The number of nitrogens with zero attached hydrogens (tertiary/aromatic N) is 1. The van der Waals surface area contributed by atoms with Crippen molar-refractivity contribution < 1.29 is 23.9 Å². The lowest BCUT2D eigenvalue weighted by atomic mass is 9.62. The summed E-state index contributed by atoms with van der Waals surface area (Å²) in [7, 11) is 1.55. The van der Waals surface area contributed by atoms with Crippen LogP contribution in [0.1, 0.15) is 57.3 Å². The molecule has 1 N–H and O–H groups in total. The lowest BCUT2D eigenvalue weighted by Crippen LogP contribution is -2.49. The van der Waals surface area contributed by atoms with Crippen LogP contribution in [0.5, 0.6) is 11.5 Å². The highest BCUT2D eigenvalue weighted by Gasteiger charge is 2.70. The van der Waals surface area contributed by atoms with Gasteiger partial charge < -0.3 is 19.7 Å². The van der Waals surface area contributed by atoms with Crippen molar-refractivity contribution in [2.24, 2.45) is 5.92 Å². The summed E-state index contributed by atoms with van der Waals surface area (Å²) in [4.78, 5) is 46.2. The first-order valence-electron chi connectivity index (χ1n) is 14.8. The molecule has 1 spiro atoms. The van der Waals surface area contributed by atoms with Crippen molar-refractivity contribution in [3.05, 3.63) is 131 Å². The van der Waals surface area contributed by atoms with Crippen LogP contribution in [0.4, 0.5) is 5.69 Å². The smallest absolute Gasteiger partial charge is 0.238 e. The zero-order valence-electron chi connectivity index (χ0n) is 24.7. The molecule has 44 heavy (non-hydrogen) atoms. The van der Waals surface area contributed by atoms with Gasteiger partial charge in [0.05, 0.1) is 25.2 Å². The van der Waals surface area contributed by atoms with Crippen LogP contribution in [-0.2, 0) is 10.2 Å². The third kappa shape index (κ3) is 4.07. The minimum Gasteiger partial charge on any atom is -0.497 e. The van der Waals surface area contributed by atoms with E-state index in [0.717, 1.165) is 11.1 Å². The maximum atomic E-state index is 15.0. The van der Waals surface area contributed by atoms with E-state index in [0.29, 0.717) is 33.9 Å². The van der Waals surface area contributed by atoms with Gasteiger partial charge in [-0.3, -0.25) is 14.4 Å². The number of para-hydroxylation sites is 1. The maximum Gasteiger partial charge on any atom is 0.238 e. The Bertz CT molecular complexity index is 1830. The number of hydrogen-bond acceptors (Lipinski definition) is 6. The third-order valence-electron chi connectivity index (χ3n) is 8.99. The first kappa shape index (κ1) is 27.7. The van der Waals surface area contributed by atoms with Gasteiger partial charge in [0, 0.05) is 23.0 Å². The van der Waals surface area contributed by atoms with Crippen LogP contribution in [0.15, 0.2) is 103 Å². The minimum absolute atomic E-state index is 0.0269. The second kappa shape index (κ2) is 10.5. The number of ether oxygens (including phenoxy) is 2. The van der Waals surface area contributed by atoms with Crippen molar-refractivity contribution in [3.8, 4) is 11.5 Å². The number of fused-ring (bicyclic) bond motifs is 6. The number of benzene rings is 4. The number of Topliss-reactive ketones (excluding diaryl/α,β-unsaturated/α-hetero) is 2. The molecule has 4 aromatic rings. The van der Waals surface area contributed by atoms with Gasteiger partial charge in [-0.05, 0) is 79.1 Å². The van der Waals surface area contributed by atoms with Crippen LogP contribution in [0, 0.1) is 5.92 Å². The number of ketones is 2. The summed E-state index contributed by atoms with van der Waals surface area (Å²) in [6.45, 7) is 3.88. The van der Waals surface area contributed by atoms with Gasteiger partial charge in [0.1, 0.15) is 23.0 Å². The van der Waals surface area contributed by atoms with Crippen molar-refractivity contribution in [2.45, 2.75) is 37.5 Å². The molecule has 3 heterocycles. The summed E-state index contributed by atoms with van der Waals surface area (Å²) < 4.78 is 11.3. The monoisotopic (exact) mass is 584 g/mol. The largest absolute Gasteiger partial charge is 0.497 e. The van der Waals surface area contributed by atoms with Crippen molar-refractivity contribution in [1.82, 2.24) is 4.90 Å². The van der Waals surface area contributed by atoms with E-state index in [4.69, 9.17) is 9.47 Å². The van der Waals surface area contributed by atoms with Crippen LogP contribution in [0.3, 0.4) is 0 Å². The quantitative estimate of drug-likeness (QED) is 0.251. The summed E-state index contributed by atoms with van der Waals surface area (Å²) in [5.74, 6) is -0.716. The first-order chi connectivity index (χ1) is 21.3. The summed E-state index contributed by atoms with van der Waals surface area (Å²) in [5.41, 5.74) is 2.62. The topological polar surface area (TPSA) is 84.9 Å². The predicted molar refractivity (Wildman–Crippen MR) is 168 cm³/mol. The number of carbonyl (C=O) groups is 3. The molecular formula is C37H32N2O5. The number of carbonyl (C=O) groups excluding carboxylic acids is 3. The van der Waals surface area contributed by atoms with Crippen LogP contribution >= 0.6 is 0 Å². The zero-order valence-corrected chi connectivity index (χ0v) is 24.7. The van der Waals surface area contributed by atoms with E-state index in [1.54, 1.807) is 55.6 Å².